The molecule has 1 amide bonds. The molecule has 1 saturated heterocycles. The van der Waals surface area contributed by atoms with Crippen LogP contribution in [0.1, 0.15) is 13.3 Å². The number of anilines is 1. The van der Waals surface area contributed by atoms with Crippen molar-refractivity contribution in [2.24, 2.45) is 0 Å². The predicted octanol–water partition coefficient (Wildman–Crippen LogP) is 0.0240. The minimum atomic E-state index is -3.76. The van der Waals surface area contributed by atoms with Crippen LogP contribution in [0, 0.1) is 0 Å². The molecule has 1 aliphatic rings. The van der Waals surface area contributed by atoms with E-state index < -0.39 is 10.0 Å². The summed E-state index contributed by atoms with van der Waals surface area (Å²) < 4.78 is 26.3. The lowest BCUT2D eigenvalue weighted by molar-refractivity contribution is -0.122. The highest BCUT2D eigenvalue weighted by atomic mass is 32.2. The molecule has 0 aliphatic carbocycles. The number of aromatic nitrogens is 1. The largest absolute Gasteiger partial charge is 0.383 e. The number of piperazine rings is 1. The number of nitrogens with one attached hydrogen (secondary N) is 2. The molecule has 1 aromatic rings. The second-order valence-corrected chi connectivity index (χ2v) is 6.32. The molecule has 1 aromatic heterocycles. The maximum atomic E-state index is 12.6. The lowest BCUT2D eigenvalue weighted by atomic mass is 10.4. The summed E-state index contributed by atoms with van der Waals surface area (Å²) >= 11 is 0. The first-order chi connectivity index (χ1) is 9.55. The maximum Gasteiger partial charge on any atom is 0.263 e. The van der Waals surface area contributed by atoms with E-state index >= 15 is 0 Å². The van der Waals surface area contributed by atoms with Crippen molar-refractivity contribution in [1.82, 2.24) is 14.6 Å². The van der Waals surface area contributed by atoms with E-state index in [-0.39, 0.29) is 24.0 Å². The normalized spacial score (nSPS) is 16.8. The summed E-state index contributed by atoms with van der Waals surface area (Å²) in [6.07, 6.45) is 2.31. The van der Waals surface area contributed by atoms with Crippen molar-refractivity contribution in [2.45, 2.75) is 18.4 Å². The van der Waals surface area contributed by atoms with Crippen LogP contribution in [0.3, 0.4) is 0 Å². The van der Waals surface area contributed by atoms with Gasteiger partial charge < -0.3 is 10.6 Å². The standard InChI is InChI=1S/C12H18N4O3S/c1-2-5-13-10-4-3-6-15-12(10)20(18,19)16-8-7-14-11(17)9-16/h3-4,6,13H,2,5,7-9H2,1H3,(H,14,17). The molecule has 0 unspecified atom stereocenters. The van der Waals surface area contributed by atoms with Crippen LogP contribution in [0.15, 0.2) is 23.4 Å². The van der Waals surface area contributed by atoms with E-state index in [0.29, 0.717) is 18.8 Å². The van der Waals surface area contributed by atoms with Crippen molar-refractivity contribution < 1.29 is 13.2 Å². The summed E-state index contributed by atoms with van der Waals surface area (Å²) in [5, 5.41) is 5.63. The Morgan fingerprint density at radius 2 is 2.30 bits per heavy atom. The molecule has 7 nitrogen and oxygen atoms in total. The number of carbonyl (C=O) groups is 1. The second-order valence-electron chi connectivity index (χ2n) is 4.47. The fourth-order valence-electron chi connectivity index (χ4n) is 1.93. The van der Waals surface area contributed by atoms with Gasteiger partial charge in [0.1, 0.15) is 0 Å². The zero-order valence-corrected chi connectivity index (χ0v) is 12.1. The highest BCUT2D eigenvalue weighted by molar-refractivity contribution is 7.89. The van der Waals surface area contributed by atoms with Crippen LogP contribution in [0.4, 0.5) is 5.69 Å². The van der Waals surface area contributed by atoms with Gasteiger partial charge in [0.15, 0.2) is 5.03 Å². The van der Waals surface area contributed by atoms with E-state index in [1.165, 1.54) is 6.20 Å². The number of pyridine rings is 1. The van der Waals surface area contributed by atoms with Gasteiger partial charge in [-0.05, 0) is 18.6 Å². The minimum Gasteiger partial charge on any atom is -0.383 e. The molecule has 0 saturated carbocycles. The summed E-state index contributed by atoms with van der Waals surface area (Å²) in [4.78, 5) is 15.3. The summed E-state index contributed by atoms with van der Waals surface area (Å²) in [5.74, 6) is -0.293. The smallest absolute Gasteiger partial charge is 0.263 e. The number of rotatable bonds is 5. The molecule has 1 fully saturated rings. The van der Waals surface area contributed by atoms with Gasteiger partial charge in [0.05, 0.1) is 12.2 Å². The number of amides is 1. The van der Waals surface area contributed by atoms with Gasteiger partial charge in [-0.1, -0.05) is 6.92 Å². The lowest BCUT2D eigenvalue weighted by Crippen LogP contribution is -2.50. The van der Waals surface area contributed by atoms with Crippen LogP contribution in [-0.4, -0.2) is 49.8 Å². The lowest BCUT2D eigenvalue weighted by Gasteiger charge is -2.26. The second kappa shape index (κ2) is 6.19. The summed E-state index contributed by atoms with van der Waals surface area (Å²) in [6, 6.07) is 3.36. The molecule has 2 N–H and O–H groups in total. The third-order valence-corrected chi connectivity index (χ3v) is 4.73. The highest BCUT2D eigenvalue weighted by Crippen LogP contribution is 2.22. The Morgan fingerprint density at radius 3 is 3.00 bits per heavy atom. The maximum absolute atomic E-state index is 12.6. The average molecular weight is 298 g/mol. The molecule has 2 heterocycles. The highest BCUT2D eigenvalue weighted by Gasteiger charge is 2.31. The Morgan fingerprint density at radius 1 is 1.50 bits per heavy atom. The molecule has 110 valence electrons. The van der Waals surface area contributed by atoms with E-state index in [4.69, 9.17) is 0 Å². The third kappa shape index (κ3) is 3.07. The van der Waals surface area contributed by atoms with Gasteiger partial charge in [-0.15, -0.1) is 0 Å². The zero-order valence-electron chi connectivity index (χ0n) is 11.3. The van der Waals surface area contributed by atoms with Crippen molar-refractivity contribution in [2.75, 3.05) is 31.5 Å². The van der Waals surface area contributed by atoms with Crippen LogP contribution in [0.5, 0.6) is 0 Å². The quantitative estimate of drug-likeness (QED) is 0.800. The fourth-order valence-corrected chi connectivity index (χ4v) is 3.41. The molecule has 0 atom stereocenters. The first-order valence-electron chi connectivity index (χ1n) is 6.51. The molecule has 8 heteroatoms. The average Bonchev–Trinajstić information content (AvgIpc) is 2.45. The molecular formula is C12H18N4O3S. The Bertz CT molecular complexity index is 588. The van der Waals surface area contributed by atoms with E-state index in [1.54, 1.807) is 12.1 Å². The van der Waals surface area contributed by atoms with Crippen molar-refractivity contribution in [1.29, 1.82) is 0 Å². The van der Waals surface area contributed by atoms with Gasteiger partial charge in [-0.2, -0.15) is 4.31 Å². The topological polar surface area (TPSA) is 91.4 Å². The van der Waals surface area contributed by atoms with Crippen molar-refractivity contribution in [3.63, 3.8) is 0 Å². The predicted molar refractivity (Wildman–Crippen MR) is 74.8 cm³/mol. The van der Waals surface area contributed by atoms with Crippen LogP contribution in [0.25, 0.3) is 0 Å². The molecule has 0 aromatic carbocycles. The molecule has 0 bridgehead atoms. The number of hydrogen-bond donors (Lipinski definition) is 2. The summed E-state index contributed by atoms with van der Waals surface area (Å²) in [7, 11) is -3.76. The molecule has 0 radical (unpaired) electrons. The Balaban J connectivity index is 2.31. The van der Waals surface area contributed by atoms with Gasteiger partial charge in [0.2, 0.25) is 5.91 Å². The van der Waals surface area contributed by atoms with Gasteiger partial charge in [-0.3, -0.25) is 4.79 Å². The van der Waals surface area contributed by atoms with Crippen LogP contribution >= 0.6 is 0 Å². The third-order valence-electron chi connectivity index (χ3n) is 2.92. The monoisotopic (exact) mass is 298 g/mol. The van der Waals surface area contributed by atoms with Gasteiger partial charge in [-0.25, -0.2) is 13.4 Å². The van der Waals surface area contributed by atoms with Crippen LogP contribution in [-0.2, 0) is 14.8 Å². The van der Waals surface area contributed by atoms with Crippen LogP contribution in [0.2, 0.25) is 0 Å². The Labute approximate surface area is 118 Å². The van der Waals surface area contributed by atoms with Gasteiger partial charge in [0, 0.05) is 25.8 Å². The molecular weight excluding hydrogens is 280 g/mol. The number of nitrogens with zero attached hydrogens (tertiary/aromatic N) is 2. The zero-order chi connectivity index (χ0) is 14.6. The number of sulfonamides is 1. The first-order valence-corrected chi connectivity index (χ1v) is 7.95. The first kappa shape index (κ1) is 14.7. The van der Waals surface area contributed by atoms with E-state index in [2.05, 4.69) is 15.6 Å². The van der Waals surface area contributed by atoms with Crippen LogP contribution < -0.4 is 10.6 Å². The Hall–Kier alpha value is -1.67. The van der Waals surface area contributed by atoms with Crippen molar-refractivity contribution in [3.05, 3.63) is 18.3 Å². The summed E-state index contributed by atoms with van der Waals surface area (Å²) in [5.41, 5.74) is 0.473. The Kier molecular flexibility index (Phi) is 4.56. The molecule has 2 rings (SSSR count). The van der Waals surface area contributed by atoms with E-state index in [0.717, 1.165) is 10.7 Å². The number of carbonyl (C=O) groups excluding carboxylic acids is 1. The van der Waals surface area contributed by atoms with Crippen molar-refractivity contribution in [3.8, 4) is 0 Å². The van der Waals surface area contributed by atoms with E-state index in [9.17, 15) is 13.2 Å². The molecule has 0 spiro atoms. The molecule has 20 heavy (non-hydrogen) atoms. The summed E-state index contributed by atoms with van der Waals surface area (Å²) in [6.45, 7) is 3.08. The molecule has 1 aliphatic heterocycles. The van der Waals surface area contributed by atoms with Gasteiger partial charge >= 0.3 is 0 Å². The number of hydrogen-bond acceptors (Lipinski definition) is 5. The minimum absolute atomic E-state index is 0.0249. The SMILES string of the molecule is CCCNc1cccnc1S(=O)(=O)N1CCNC(=O)C1. The van der Waals surface area contributed by atoms with E-state index in [1.807, 2.05) is 6.92 Å². The van der Waals surface area contributed by atoms with Crippen molar-refractivity contribution >= 4 is 21.6 Å². The van der Waals surface area contributed by atoms with Gasteiger partial charge in [0.25, 0.3) is 10.0 Å². The fraction of sp³-hybridized carbons (Fsp3) is 0.500.